The molecule has 0 aliphatic carbocycles. The normalized spacial score (nSPS) is 12.1. The highest BCUT2D eigenvalue weighted by atomic mass is 16.5. The maximum absolute atomic E-state index is 12.5. The van der Waals surface area contributed by atoms with Crippen LogP contribution in [0, 0.1) is 6.92 Å². The van der Waals surface area contributed by atoms with Crippen molar-refractivity contribution >= 4 is 27.7 Å². The number of aliphatic carboxylic acids is 1. The number of carbonyl (C=O) groups is 1. The van der Waals surface area contributed by atoms with Gasteiger partial charge in [-0.2, -0.15) is 0 Å². The number of carboxylic acids is 1. The molecule has 3 aromatic carbocycles. The van der Waals surface area contributed by atoms with Gasteiger partial charge in [0.1, 0.15) is 17.1 Å². The van der Waals surface area contributed by atoms with Gasteiger partial charge in [0, 0.05) is 16.3 Å². The van der Waals surface area contributed by atoms with E-state index >= 15 is 0 Å². The van der Waals surface area contributed by atoms with Crippen LogP contribution >= 0.6 is 0 Å². The average molecular weight is 389 g/mol. The Balaban J connectivity index is 1.85. The van der Waals surface area contributed by atoms with Gasteiger partial charge >= 0.3 is 5.63 Å². The summed E-state index contributed by atoms with van der Waals surface area (Å²) < 4.78 is 16.5. The third-order valence-corrected chi connectivity index (χ3v) is 4.85. The highest BCUT2D eigenvalue weighted by Crippen LogP contribution is 2.34. The fourth-order valence-corrected chi connectivity index (χ4v) is 3.35. The summed E-state index contributed by atoms with van der Waals surface area (Å²) in [5.41, 5.74) is 0.819. The number of aryl methyl sites for hydroxylation is 1. The van der Waals surface area contributed by atoms with E-state index in [0.29, 0.717) is 39.0 Å². The Morgan fingerprint density at radius 1 is 1.00 bits per heavy atom. The van der Waals surface area contributed by atoms with Crippen LogP contribution in [0.1, 0.15) is 17.2 Å². The van der Waals surface area contributed by atoms with Crippen molar-refractivity contribution in [2.75, 3.05) is 7.11 Å². The molecule has 0 unspecified atom stereocenters. The summed E-state index contributed by atoms with van der Waals surface area (Å²) in [6.07, 6.45) is -1.29. The fourth-order valence-electron chi connectivity index (χ4n) is 3.35. The quantitative estimate of drug-likeness (QED) is 0.385. The van der Waals surface area contributed by atoms with Crippen LogP contribution in [0.5, 0.6) is 11.5 Å². The van der Waals surface area contributed by atoms with Crippen molar-refractivity contribution in [3.05, 3.63) is 82.2 Å². The van der Waals surface area contributed by atoms with Crippen LogP contribution in [0.2, 0.25) is 0 Å². The Hall–Kier alpha value is -3.80. The molecule has 146 valence electrons. The molecule has 1 heterocycles. The molecule has 0 amide bonds. The predicted octanol–water partition coefficient (Wildman–Crippen LogP) is 3.13. The number of hydrogen-bond donors (Lipinski definition) is 0. The lowest BCUT2D eigenvalue weighted by Crippen LogP contribution is -2.33. The van der Waals surface area contributed by atoms with Gasteiger partial charge in [-0.3, -0.25) is 0 Å². The van der Waals surface area contributed by atoms with Gasteiger partial charge in [-0.25, -0.2) is 4.79 Å². The number of ether oxygens (including phenoxy) is 2. The van der Waals surface area contributed by atoms with Gasteiger partial charge in [0.05, 0.1) is 18.5 Å². The van der Waals surface area contributed by atoms with Crippen molar-refractivity contribution in [2.45, 2.75) is 13.0 Å². The SMILES string of the molecule is COc1ccc2c(c1)c(=O)oc1c(C)c(O[C@H](C(=O)[O-])c3ccccc3)ccc12. The highest BCUT2D eigenvalue weighted by Gasteiger charge is 2.18. The van der Waals surface area contributed by atoms with Crippen molar-refractivity contribution in [3.8, 4) is 11.5 Å². The summed E-state index contributed by atoms with van der Waals surface area (Å²) in [5.74, 6) is -0.505. The molecule has 6 nitrogen and oxygen atoms in total. The predicted molar refractivity (Wildman–Crippen MR) is 106 cm³/mol. The molecule has 0 spiro atoms. The van der Waals surface area contributed by atoms with Gasteiger partial charge < -0.3 is 23.8 Å². The van der Waals surface area contributed by atoms with Crippen molar-refractivity contribution < 1.29 is 23.8 Å². The molecule has 0 fully saturated rings. The zero-order chi connectivity index (χ0) is 20.5. The summed E-state index contributed by atoms with van der Waals surface area (Å²) >= 11 is 0. The maximum atomic E-state index is 12.5. The zero-order valence-corrected chi connectivity index (χ0v) is 15.8. The van der Waals surface area contributed by atoms with Crippen LogP contribution in [0.15, 0.2) is 69.9 Å². The van der Waals surface area contributed by atoms with Crippen molar-refractivity contribution in [2.24, 2.45) is 0 Å². The molecule has 0 bridgehead atoms. The third-order valence-electron chi connectivity index (χ3n) is 4.85. The van der Waals surface area contributed by atoms with Crippen molar-refractivity contribution in [1.29, 1.82) is 0 Å². The van der Waals surface area contributed by atoms with E-state index in [0.717, 1.165) is 5.39 Å². The number of benzene rings is 3. The molecule has 0 aliphatic rings. The summed E-state index contributed by atoms with van der Waals surface area (Å²) in [6.45, 7) is 1.72. The van der Waals surface area contributed by atoms with Crippen molar-refractivity contribution in [3.63, 3.8) is 0 Å². The standard InChI is InChI=1S/C23H18O6/c1-13-19(28-21(22(24)25)14-6-4-3-5-7-14)11-10-17-16-9-8-15(27-2)12-18(16)23(26)29-20(13)17/h3-12,21H,1-2H3,(H,24,25)/p-1/t21-/m0/s1. The molecule has 0 radical (unpaired) electrons. The van der Waals surface area contributed by atoms with E-state index in [1.54, 1.807) is 67.6 Å². The van der Waals surface area contributed by atoms with Gasteiger partial charge in [0.15, 0.2) is 6.10 Å². The van der Waals surface area contributed by atoms with E-state index in [2.05, 4.69) is 0 Å². The summed E-state index contributed by atoms with van der Waals surface area (Å²) in [6, 6.07) is 17.1. The average Bonchev–Trinajstić information content (AvgIpc) is 2.74. The summed E-state index contributed by atoms with van der Waals surface area (Å²) in [7, 11) is 1.53. The lowest BCUT2D eigenvalue weighted by Gasteiger charge is -2.22. The van der Waals surface area contributed by atoms with Crippen LogP contribution in [0.4, 0.5) is 0 Å². The van der Waals surface area contributed by atoms with Crippen LogP contribution in [0.25, 0.3) is 21.7 Å². The number of hydrogen-bond acceptors (Lipinski definition) is 6. The Morgan fingerprint density at radius 3 is 2.41 bits per heavy atom. The second-order valence-corrected chi connectivity index (χ2v) is 6.59. The van der Waals surface area contributed by atoms with Gasteiger partial charge in [-0.05, 0) is 42.8 Å². The van der Waals surface area contributed by atoms with E-state index < -0.39 is 17.7 Å². The Bertz CT molecular complexity index is 1270. The number of fused-ring (bicyclic) bond motifs is 3. The van der Waals surface area contributed by atoms with Gasteiger partial charge in [-0.1, -0.05) is 30.3 Å². The topological polar surface area (TPSA) is 88.8 Å². The Kier molecular flexibility index (Phi) is 4.68. The molecular weight excluding hydrogens is 372 g/mol. The minimum atomic E-state index is -1.36. The zero-order valence-electron chi connectivity index (χ0n) is 15.8. The Labute approximate surface area is 165 Å². The molecular formula is C23H17O6-. The van der Waals surface area contributed by atoms with Crippen molar-refractivity contribution in [1.82, 2.24) is 0 Å². The van der Waals surface area contributed by atoms with Crippen LogP contribution in [-0.2, 0) is 4.79 Å². The maximum Gasteiger partial charge on any atom is 0.344 e. The van der Waals surface area contributed by atoms with Crippen LogP contribution < -0.4 is 20.2 Å². The number of carboxylic acid groups (broad SMARTS) is 1. The smallest absolute Gasteiger partial charge is 0.344 e. The molecule has 0 saturated carbocycles. The molecule has 0 N–H and O–H groups in total. The fraction of sp³-hybridized carbons (Fsp3) is 0.130. The monoisotopic (exact) mass is 389 g/mol. The highest BCUT2D eigenvalue weighted by molar-refractivity contribution is 6.06. The first-order chi connectivity index (χ1) is 14.0. The van der Waals surface area contributed by atoms with E-state index in [1.807, 2.05) is 0 Å². The summed E-state index contributed by atoms with van der Waals surface area (Å²) in [5, 5.41) is 13.5. The molecule has 4 rings (SSSR count). The van der Waals surface area contributed by atoms with E-state index in [-0.39, 0.29) is 0 Å². The van der Waals surface area contributed by atoms with Gasteiger partial charge in [0.25, 0.3) is 0 Å². The van der Waals surface area contributed by atoms with Gasteiger partial charge in [0.2, 0.25) is 0 Å². The molecule has 4 aromatic rings. The molecule has 1 atom stereocenters. The summed E-state index contributed by atoms with van der Waals surface area (Å²) in [4.78, 5) is 24.2. The molecule has 1 aromatic heterocycles. The second kappa shape index (κ2) is 7.31. The number of methoxy groups -OCH3 is 1. The van der Waals surface area contributed by atoms with E-state index in [9.17, 15) is 14.7 Å². The molecule has 29 heavy (non-hydrogen) atoms. The van der Waals surface area contributed by atoms with Crippen LogP contribution in [0.3, 0.4) is 0 Å². The third kappa shape index (κ3) is 3.29. The Morgan fingerprint density at radius 2 is 1.72 bits per heavy atom. The lowest BCUT2D eigenvalue weighted by atomic mass is 10.0. The number of carbonyl (C=O) groups excluding carboxylic acids is 1. The largest absolute Gasteiger partial charge is 0.546 e. The van der Waals surface area contributed by atoms with E-state index in [1.165, 1.54) is 7.11 Å². The van der Waals surface area contributed by atoms with E-state index in [4.69, 9.17) is 13.9 Å². The second-order valence-electron chi connectivity index (χ2n) is 6.59. The molecule has 6 heteroatoms. The molecule has 0 saturated heterocycles. The van der Waals surface area contributed by atoms with Crippen LogP contribution in [-0.4, -0.2) is 13.1 Å². The first-order valence-electron chi connectivity index (χ1n) is 8.96. The number of rotatable bonds is 5. The first kappa shape index (κ1) is 18.6. The van der Waals surface area contributed by atoms with Gasteiger partial charge in [-0.15, -0.1) is 0 Å². The molecule has 0 aliphatic heterocycles. The minimum Gasteiger partial charge on any atom is -0.546 e. The minimum absolute atomic E-state index is 0.298. The first-order valence-corrected chi connectivity index (χ1v) is 8.96. The lowest BCUT2D eigenvalue weighted by molar-refractivity contribution is -0.314.